The number of nitro groups is 1. The molecule has 1 aromatic carbocycles. The normalized spacial score (nSPS) is 11.9. The first-order valence-corrected chi connectivity index (χ1v) is 5.33. The summed E-state index contributed by atoms with van der Waals surface area (Å²) in [5.41, 5.74) is 5.25. The number of methoxy groups -OCH3 is 1. The van der Waals surface area contributed by atoms with Gasteiger partial charge in [-0.1, -0.05) is 11.6 Å². The maximum Gasteiger partial charge on any atom is 0.294 e. The lowest BCUT2D eigenvalue weighted by molar-refractivity contribution is -0.383. The molecule has 7 nitrogen and oxygen atoms in total. The van der Waals surface area contributed by atoms with Crippen LogP contribution in [0.3, 0.4) is 0 Å². The van der Waals surface area contributed by atoms with Gasteiger partial charge in [-0.2, -0.15) is 0 Å². The summed E-state index contributed by atoms with van der Waals surface area (Å²) in [6.07, 6.45) is 0. The Morgan fingerprint density at radius 2 is 2.33 bits per heavy atom. The van der Waals surface area contributed by atoms with Gasteiger partial charge in [0, 0.05) is 18.2 Å². The van der Waals surface area contributed by atoms with Crippen LogP contribution in [0.1, 0.15) is 0 Å². The zero-order valence-corrected chi connectivity index (χ0v) is 10.3. The standard InChI is InChI=1S/C10H12ClN3O4/c1-18-5-7(12)10(15)13-8-3-2-6(11)4-9(8)14(16)17/h2-4,7H,5,12H2,1H3,(H,13,15). The van der Waals surface area contributed by atoms with E-state index in [1.165, 1.54) is 19.2 Å². The van der Waals surface area contributed by atoms with E-state index in [-0.39, 0.29) is 23.0 Å². The van der Waals surface area contributed by atoms with Gasteiger partial charge < -0.3 is 15.8 Å². The van der Waals surface area contributed by atoms with E-state index in [2.05, 4.69) is 5.32 Å². The molecule has 0 aromatic heterocycles. The first-order valence-electron chi connectivity index (χ1n) is 4.95. The number of ether oxygens (including phenoxy) is 1. The Balaban J connectivity index is 2.90. The van der Waals surface area contributed by atoms with Crippen molar-refractivity contribution in [1.82, 2.24) is 0 Å². The van der Waals surface area contributed by atoms with Gasteiger partial charge in [-0.05, 0) is 12.1 Å². The Kier molecular flexibility index (Phi) is 5.02. The first kappa shape index (κ1) is 14.4. The summed E-state index contributed by atoms with van der Waals surface area (Å²) < 4.78 is 4.72. The molecule has 18 heavy (non-hydrogen) atoms. The lowest BCUT2D eigenvalue weighted by Gasteiger charge is -2.11. The lowest BCUT2D eigenvalue weighted by Crippen LogP contribution is -2.39. The van der Waals surface area contributed by atoms with E-state index < -0.39 is 16.9 Å². The number of benzene rings is 1. The molecule has 0 spiro atoms. The molecule has 1 rings (SSSR count). The van der Waals surface area contributed by atoms with Crippen molar-refractivity contribution in [3.63, 3.8) is 0 Å². The van der Waals surface area contributed by atoms with Crippen LogP contribution < -0.4 is 11.1 Å². The number of anilines is 1. The number of carbonyl (C=O) groups excluding carboxylic acids is 1. The lowest BCUT2D eigenvalue weighted by atomic mass is 10.2. The van der Waals surface area contributed by atoms with Crippen molar-refractivity contribution in [2.45, 2.75) is 6.04 Å². The fourth-order valence-corrected chi connectivity index (χ4v) is 1.41. The number of rotatable bonds is 5. The van der Waals surface area contributed by atoms with E-state index in [0.29, 0.717) is 0 Å². The third kappa shape index (κ3) is 3.66. The molecule has 3 N–H and O–H groups in total. The van der Waals surface area contributed by atoms with Crippen molar-refractivity contribution in [2.75, 3.05) is 19.0 Å². The second kappa shape index (κ2) is 6.29. The van der Waals surface area contributed by atoms with Crippen molar-refractivity contribution in [3.05, 3.63) is 33.3 Å². The summed E-state index contributed by atoms with van der Waals surface area (Å²) in [5.74, 6) is -0.567. The largest absolute Gasteiger partial charge is 0.383 e. The number of nitrogens with one attached hydrogen (secondary N) is 1. The Hall–Kier alpha value is -1.70. The van der Waals surface area contributed by atoms with Gasteiger partial charge in [0.1, 0.15) is 11.7 Å². The number of nitrogens with zero attached hydrogens (tertiary/aromatic N) is 1. The Bertz CT molecular complexity index is 466. The fraction of sp³-hybridized carbons (Fsp3) is 0.300. The number of nitro benzene ring substituents is 1. The van der Waals surface area contributed by atoms with Crippen molar-refractivity contribution >= 4 is 28.9 Å². The van der Waals surface area contributed by atoms with Gasteiger partial charge in [-0.3, -0.25) is 14.9 Å². The molecule has 0 saturated heterocycles. The minimum atomic E-state index is -0.898. The van der Waals surface area contributed by atoms with Crippen LogP contribution in [0.25, 0.3) is 0 Å². The van der Waals surface area contributed by atoms with E-state index in [0.717, 1.165) is 6.07 Å². The van der Waals surface area contributed by atoms with Gasteiger partial charge in [0.2, 0.25) is 5.91 Å². The van der Waals surface area contributed by atoms with E-state index >= 15 is 0 Å². The quantitative estimate of drug-likeness (QED) is 0.618. The Labute approximate surface area is 108 Å². The van der Waals surface area contributed by atoms with Crippen molar-refractivity contribution < 1.29 is 14.5 Å². The van der Waals surface area contributed by atoms with Crippen LogP contribution in [0.4, 0.5) is 11.4 Å². The van der Waals surface area contributed by atoms with E-state index in [1.807, 2.05) is 0 Å². The molecule has 0 aliphatic rings. The number of hydrogen-bond donors (Lipinski definition) is 2. The molecule has 0 fully saturated rings. The van der Waals surface area contributed by atoms with E-state index in [1.54, 1.807) is 0 Å². The molecule has 0 saturated carbocycles. The summed E-state index contributed by atoms with van der Waals surface area (Å²) >= 11 is 5.65. The summed E-state index contributed by atoms with van der Waals surface area (Å²) in [4.78, 5) is 21.7. The molecule has 0 bridgehead atoms. The summed E-state index contributed by atoms with van der Waals surface area (Å²) in [6.45, 7) is 0.0211. The molecule has 98 valence electrons. The molecule has 0 heterocycles. The Morgan fingerprint density at radius 1 is 1.67 bits per heavy atom. The van der Waals surface area contributed by atoms with Crippen LogP contribution in [0.2, 0.25) is 5.02 Å². The molecule has 1 amide bonds. The minimum absolute atomic E-state index is 0.0211. The molecule has 1 aromatic rings. The van der Waals surface area contributed by atoms with Crippen LogP contribution in [-0.2, 0) is 9.53 Å². The zero-order chi connectivity index (χ0) is 13.7. The van der Waals surface area contributed by atoms with Gasteiger partial charge in [0.15, 0.2) is 0 Å². The highest BCUT2D eigenvalue weighted by Crippen LogP contribution is 2.27. The van der Waals surface area contributed by atoms with Crippen LogP contribution in [0, 0.1) is 10.1 Å². The molecule has 1 atom stereocenters. The van der Waals surface area contributed by atoms with Crippen LogP contribution in [0.15, 0.2) is 18.2 Å². The number of nitrogens with two attached hydrogens (primary N) is 1. The second-order valence-electron chi connectivity index (χ2n) is 3.47. The molecular weight excluding hydrogens is 262 g/mol. The average Bonchev–Trinajstić information content (AvgIpc) is 2.31. The van der Waals surface area contributed by atoms with Gasteiger partial charge in [0.25, 0.3) is 5.69 Å². The van der Waals surface area contributed by atoms with Crippen molar-refractivity contribution in [1.29, 1.82) is 0 Å². The molecule has 0 aliphatic heterocycles. The predicted octanol–water partition coefficient (Wildman–Crippen LogP) is 1.16. The summed E-state index contributed by atoms with van der Waals surface area (Å²) in [6, 6.07) is 3.04. The second-order valence-corrected chi connectivity index (χ2v) is 3.91. The number of carbonyl (C=O) groups is 1. The Morgan fingerprint density at radius 3 is 2.89 bits per heavy atom. The highest BCUT2D eigenvalue weighted by Gasteiger charge is 2.19. The number of amides is 1. The monoisotopic (exact) mass is 273 g/mol. The van der Waals surface area contributed by atoms with E-state index in [9.17, 15) is 14.9 Å². The first-order chi connectivity index (χ1) is 8.45. The molecule has 0 aliphatic carbocycles. The summed E-state index contributed by atoms with van der Waals surface area (Å²) in [5, 5.41) is 13.4. The van der Waals surface area contributed by atoms with Gasteiger partial charge in [0.05, 0.1) is 11.5 Å². The predicted molar refractivity (Wildman–Crippen MR) is 66.6 cm³/mol. The SMILES string of the molecule is COCC(N)C(=O)Nc1ccc(Cl)cc1[N+](=O)[O-]. The molecule has 8 heteroatoms. The maximum absolute atomic E-state index is 11.6. The fourth-order valence-electron chi connectivity index (χ4n) is 1.24. The van der Waals surface area contributed by atoms with Crippen LogP contribution in [0.5, 0.6) is 0 Å². The van der Waals surface area contributed by atoms with Gasteiger partial charge >= 0.3 is 0 Å². The van der Waals surface area contributed by atoms with E-state index in [4.69, 9.17) is 22.1 Å². The molecule has 0 radical (unpaired) electrons. The average molecular weight is 274 g/mol. The van der Waals surface area contributed by atoms with Crippen LogP contribution in [-0.4, -0.2) is 30.6 Å². The third-order valence-electron chi connectivity index (χ3n) is 2.10. The minimum Gasteiger partial charge on any atom is -0.383 e. The van der Waals surface area contributed by atoms with Gasteiger partial charge in [-0.25, -0.2) is 0 Å². The van der Waals surface area contributed by atoms with Crippen molar-refractivity contribution in [3.8, 4) is 0 Å². The van der Waals surface area contributed by atoms with Crippen molar-refractivity contribution in [2.24, 2.45) is 5.73 Å². The molecular formula is C10H12ClN3O4. The highest BCUT2D eigenvalue weighted by atomic mass is 35.5. The van der Waals surface area contributed by atoms with Gasteiger partial charge in [-0.15, -0.1) is 0 Å². The maximum atomic E-state index is 11.6. The smallest absolute Gasteiger partial charge is 0.294 e. The number of halogens is 1. The molecule has 1 unspecified atom stereocenters. The summed E-state index contributed by atoms with van der Waals surface area (Å²) in [7, 11) is 1.40. The number of hydrogen-bond acceptors (Lipinski definition) is 5. The zero-order valence-electron chi connectivity index (χ0n) is 9.55. The van der Waals surface area contributed by atoms with Crippen LogP contribution >= 0.6 is 11.6 Å². The topological polar surface area (TPSA) is 107 Å². The third-order valence-corrected chi connectivity index (χ3v) is 2.33. The highest BCUT2D eigenvalue weighted by molar-refractivity contribution is 6.31.